The van der Waals surface area contributed by atoms with Gasteiger partial charge in [0.2, 0.25) is 0 Å². The average molecular weight is 191 g/mol. The van der Waals surface area contributed by atoms with Crippen molar-refractivity contribution in [2.45, 2.75) is 19.3 Å². The molecule has 3 heteroatoms. The van der Waals surface area contributed by atoms with Crippen LogP contribution in [0.3, 0.4) is 0 Å². The highest BCUT2D eigenvalue weighted by atomic mass is 32.2. The van der Waals surface area contributed by atoms with Crippen molar-refractivity contribution in [2.75, 3.05) is 24.7 Å². The Morgan fingerprint density at radius 2 is 2.42 bits per heavy atom. The molecule has 1 aliphatic heterocycles. The van der Waals surface area contributed by atoms with Gasteiger partial charge in [0.05, 0.1) is 6.67 Å². The lowest BCUT2D eigenvalue weighted by Crippen LogP contribution is -2.24. The summed E-state index contributed by atoms with van der Waals surface area (Å²) in [7, 11) is 0. The van der Waals surface area contributed by atoms with Crippen LogP contribution in [0, 0.1) is 11.8 Å². The van der Waals surface area contributed by atoms with E-state index in [0.717, 1.165) is 12.2 Å². The number of halogens is 1. The monoisotopic (exact) mass is 191 g/mol. The van der Waals surface area contributed by atoms with Gasteiger partial charge >= 0.3 is 0 Å². The highest BCUT2D eigenvalue weighted by molar-refractivity contribution is 7.99. The van der Waals surface area contributed by atoms with Gasteiger partial charge in [-0.15, -0.1) is 0 Å². The molecule has 1 rings (SSSR count). The number of hydrogen-bond donors (Lipinski definition) is 1. The molecular weight excluding hydrogens is 173 g/mol. The molecule has 2 unspecified atom stereocenters. The van der Waals surface area contributed by atoms with E-state index in [0.29, 0.717) is 12.5 Å². The van der Waals surface area contributed by atoms with E-state index in [2.05, 4.69) is 0 Å². The number of alkyl halides is 1. The Kier molecular flexibility index (Phi) is 5.00. The Labute approximate surface area is 78.3 Å². The third kappa shape index (κ3) is 2.94. The van der Waals surface area contributed by atoms with Crippen molar-refractivity contribution in [1.29, 1.82) is 0 Å². The van der Waals surface area contributed by atoms with Crippen LogP contribution in [0.5, 0.6) is 0 Å². The Bertz CT molecular complexity index is 112. The Morgan fingerprint density at radius 3 is 2.92 bits per heavy atom. The second-order valence-corrected chi connectivity index (χ2v) is 4.62. The van der Waals surface area contributed by atoms with Gasteiger partial charge in [-0.1, -0.05) is 0 Å². The Balaban J connectivity index is 2.29. The molecule has 12 heavy (non-hydrogen) atoms. The predicted octanol–water partition coefficient (Wildman–Crippen LogP) is 2.06. The zero-order valence-corrected chi connectivity index (χ0v) is 8.28. The van der Waals surface area contributed by atoms with Crippen molar-refractivity contribution in [3.05, 3.63) is 0 Å². The maximum absolute atomic E-state index is 12.6. The zero-order valence-electron chi connectivity index (χ0n) is 7.47. The van der Waals surface area contributed by atoms with E-state index in [1.807, 2.05) is 11.8 Å². The maximum atomic E-state index is 12.6. The van der Waals surface area contributed by atoms with Crippen molar-refractivity contribution in [1.82, 2.24) is 0 Å². The quantitative estimate of drug-likeness (QED) is 0.736. The number of hydrogen-bond acceptors (Lipinski definition) is 2. The highest BCUT2D eigenvalue weighted by Crippen LogP contribution is 2.30. The molecule has 0 saturated carbocycles. The molecule has 1 saturated heterocycles. The molecular formula is C9H18FNS. The molecule has 1 aliphatic rings. The molecule has 1 fully saturated rings. The van der Waals surface area contributed by atoms with E-state index in [1.165, 1.54) is 18.6 Å². The summed E-state index contributed by atoms with van der Waals surface area (Å²) in [4.78, 5) is 0. The van der Waals surface area contributed by atoms with Gasteiger partial charge in [0.1, 0.15) is 0 Å². The van der Waals surface area contributed by atoms with Crippen molar-refractivity contribution in [3.8, 4) is 0 Å². The second-order valence-electron chi connectivity index (χ2n) is 3.47. The molecule has 0 aliphatic carbocycles. The van der Waals surface area contributed by atoms with Crippen molar-refractivity contribution >= 4 is 11.8 Å². The summed E-state index contributed by atoms with van der Waals surface area (Å²) in [5, 5.41) is 0. The third-order valence-electron chi connectivity index (χ3n) is 2.60. The lowest BCUT2D eigenvalue weighted by molar-refractivity contribution is 0.251. The first kappa shape index (κ1) is 10.3. The van der Waals surface area contributed by atoms with Crippen LogP contribution >= 0.6 is 11.8 Å². The Morgan fingerprint density at radius 1 is 1.58 bits per heavy atom. The largest absolute Gasteiger partial charge is 0.330 e. The summed E-state index contributed by atoms with van der Waals surface area (Å²) in [6.45, 7) is 0.457. The van der Waals surface area contributed by atoms with Gasteiger partial charge in [-0.2, -0.15) is 11.8 Å². The zero-order chi connectivity index (χ0) is 8.81. The molecule has 0 amide bonds. The first-order valence-corrected chi connectivity index (χ1v) is 5.87. The fourth-order valence-corrected chi connectivity index (χ4v) is 3.07. The van der Waals surface area contributed by atoms with E-state index in [-0.39, 0.29) is 12.6 Å². The summed E-state index contributed by atoms with van der Waals surface area (Å²) in [6, 6.07) is 0. The van der Waals surface area contributed by atoms with E-state index in [9.17, 15) is 4.39 Å². The first-order chi connectivity index (χ1) is 5.88. The smallest absolute Gasteiger partial charge is 0.0926 e. The Hall–Kier alpha value is 0.240. The topological polar surface area (TPSA) is 26.0 Å². The molecule has 0 aromatic rings. The summed E-state index contributed by atoms with van der Waals surface area (Å²) in [5.74, 6) is 3.24. The molecule has 2 atom stereocenters. The van der Waals surface area contributed by atoms with E-state index >= 15 is 0 Å². The molecule has 0 bridgehead atoms. The van der Waals surface area contributed by atoms with Gasteiger partial charge in [0, 0.05) is 0 Å². The number of rotatable bonds is 4. The fourth-order valence-electron chi connectivity index (χ4n) is 1.79. The molecule has 0 spiro atoms. The van der Waals surface area contributed by atoms with Gasteiger partial charge in [0.15, 0.2) is 0 Å². The van der Waals surface area contributed by atoms with Crippen LogP contribution in [0.2, 0.25) is 0 Å². The van der Waals surface area contributed by atoms with Gasteiger partial charge in [-0.05, 0) is 49.1 Å². The van der Waals surface area contributed by atoms with Crippen molar-refractivity contribution in [3.63, 3.8) is 0 Å². The van der Waals surface area contributed by atoms with Gasteiger partial charge in [-0.25, -0.2) is 0 Å². The fraction of sp³-hybridized carbons (Fsp3) is 1.00. The third-order valence-corrected chi connectivity index (χ3v) is 3.84. The predicted molar refractivity (Wildman–Crippen MR) is 53.2 cm³/mol. The van der Waals surface area contributed by atoms with Gasteiger partial charge in [-0.3, -0.25) is 4.39 Å². The van der Waals surface area contributed by atoms with Gasteiger partial charge in [0.25, 0.3) is 0 Å². The summed E-state index contributed by atoms with van der Waals surface area (Å²) in [6.07, 6.45) is 3.33. The molecule has 0 radical (unpaired) electrons. The molecule has 1 heterocycles. The van der Waals surface area contributed by atoms with Crippen LogP contribution in [-0.4, -0.2) is 24.7 Å². The molecule has 2 N–H and O–H groups in total. The highest BCUT2D eigenvalue weighted by Gasteiger charge is 2.22. The van der Waals surface area contributed by atoms with E-state index in [1.54, 1.807) is 0 Å². The minimum Gasteiger partial charge on any atom is -0.330 e. The number of nitrogens with two attached hydrogens (primary N) is 1. The van der Waals surface area contributed by atoms with E-state index in [4.69, 9.17) is 5.73 Å². The SMILES string of the molecule is NCCC(CF)C1CCCSC1. The summed E-state index contributed by atoms with van der Waals surface area (Å²) in [5.41, 5.74) is 5.44. The summed E-state index contributed by atoms with van der Waals surface area (Å²) < 4.78 is 12.6. The number of thioether (sulfide) groups is 1. The molecule has 0 aromatic heterocycles. The van der Waals surface area contributed by atoms with Crippen LogP contribution in [0.1, 0.15) is 19.3 Å². The van der Waals surface area contributed by atoms with Gasteiger partial charge < -0.3 is 5.73 Å². The van der Waals surface area contributed by atoms with Crippen molar-refractivity contribution in [2.24, 2.45) is 17.6 Å². The molecule has 1 nitrogen and oxygen atoms in total. The summed E-state index contributed by atoms with van der Waals surface area (Å²) >= 11 is 1.97. The lowest BCUT2D eigenvalue weighted by Gasteiger charge is -2.27. The second kappa shape index (κ2) is 5.81. The minimum atomic E-state index is -0.178. The average Bonchev–Trinajstić information content (AvgIpc) is 2.15. The van der Waals surface area contributed by atoms with Crippen LogP contribution in [0.4, 0.5) is 4.39 Å². The van der Waals surface area contributed by atoms with Crippen LogP contribution in [-0.2, 0) is 0 Å². The first-order valence-electron chi connectivity index (χ1n) is 4.72. The van der Waals surface area contributed by atoms with Crippen LogP contribution < -0.4 is 5.73 Å². The molecule has 0 aromatic carbocycles. The maximum Gasteiger partial charge on any atom is 0.0926 e. The van der Waals surface area contributed by atoms with E-state index < -0.39 is 0 Å². The minimum absolute atomic E-state index is 0.178. The molecule has 72 valence electrons. The van der Waals surface area contributed by atoms with Crippen LogP contribution in [0.25, 0.3) is 0 Å². The standard InChI is InChI=1S/C9H18FNS/c10-6-8(3-4-11)9-2-1-5-12-7-9/h8-9H,1-7,11H2. The van der Waals surface area contributed by atoms with Crippen LogP contribution in [0.15, 0.2) is 0 Å². The van der Waals surface area contributed by atoms with Crippen molar-refractivity contribution < 1.29 is 4.39 Å². The lowest BCUT2D eigenvalue weighted by atomic mass is 9.88. The normalized spacial score (nSPS) is 27.0.